The molecule has 2 nitrogen and oxygen atoms in total. The zero-order valence-corrected chi connectivity index (χ0v) is 8.75. The molecule has 0 saturated carbocycles. The lowest BCUT2D eigenvalue weighted by atomic mass is 10.0. The summed E-state index contributed by atoms with van der Waals surface area (Å²) in [6.07, 6.45) is 0.921. The van der Waals surface area contributed by atoms with E-state index in [-0.39, 0.29) is 9.86 Å². The summed E-state index contributed by atoms with van der Waals surface area (Å²) < 4.78 is 5.11. The Bertz CT molecular complexity index is 245. The Kier molecular flexibility index (Phi) is 2.52. The van der Waals surface area contributed by atoms with Crippen LogP contribution in [0.15, 0.2) is 11.3 Å². The lowest BCUT2D eigenvalue weighted by Crippen LogP contribution is -2.20. The Morgan fingerprint density at radius 1 is 1.58 bits per heavy atom. The van der Waals surface area contributed by atoms with Crippen molar-refractivity contribution in [1.82, 2.24) is 0 Å². The fourth-order valence-corrected chi connectivity index (χ4v) is 2.55. The first-order chi connectivity index (χ1) is 5.55. The minimum absolute atomic E-state index is 0.129. The van der Waals surface area contributed by atoms with E-state index in [2.05, 4.69) is 6.92 Å². The number of rotatable bonds is 2. The molecule has 0 aromatic carbocycles. The first-order valence-electron chi connectivity index (χ1n) is 4.04. The summed E-state index contributed by atoms with van der Waals surface area (Å²) in [5.74, 6) is 0.847. The Hall–Kier alpha value is -0.440. The summed E-state index contributed by atoms with van der Waals surface area (Å²) in [6.45, 7) is 5.94. The molecule has 1 aliphatic rings. The van der Waals surface area contributed by atoms with Gasteiger partial charge in [-0.1, -0.05) is 18.7 Å². The first-order valence-corrected chi connectivity index (χ1v) is 4.85. The number of methoxy groups -OCH3 is 1. The van der Waals surface area contributed by atoms with Gasteiger partial charge in [-0.25, -0.2) is 0 Å². The topological polar surface area (TPSA) is 26.3 Å². The molecule has 0 aromatic rings. The summed E-state index contributed by atoms with van der Waals surface area (Å²) in [7, 11) is 1.63. The van der Waals surface area contributed by atoms with Gasteiger partial charge in [0.2, 0.25) is 5.12 Å². The van der Waals surface area contributed by atoms with Crippen molar-refractivity contribution in [3.8, 4) is 0 Å². The summed E-state index contributed by atoms with van der Waals surface area (Å²) in [4.78, 5) is 11.3. The Balaban J connectivity index is 3.06. The summed E-state index contributed by atoms with van der Waals surface area (Å²) in [5, 5.41) is 0.149. The fourth-order valence-electron chi connectivity index (χ4n) is 1.42. The van der Waals surface area contributed by atoms with Gasteiger partial charge in [0.15, 0.2) is 0 Å². The Morgan fingerprint density at radius 2 is 2.17 bits per heavy atom. The molecular weight excluding hydrogens is 172 g/mol. The highest BCUT2D eigenvalue weighted by atomic mass is 32.2. The van der Waals surface area contributed by atoms with Gasteiger partial charge in [0.05, 0.1) is 11.9 Å². The zero-order chi connectivity index (χ0) is 9.35. The van der Waals surface area contributed by atoms with Crippen LogP contribution in [0.5, 0.6) is 0 Å². The van der Waals surface area contributed by atoms with E-state index in [0.717, 1.165) is 17.8 Å². The molecule has 0 radical (unpaired) electrons. The third-order valence-corrected chi connectivity index (χ3v) is 3.74. The van der Waals surface area contributed by atoms with E-state index < -0.39 is 0 Å². The van der Waals surface area contributed by atoms with Gasteiger partial charge in [0.1, 0.15) is 5.76 Å². The lowest BCUT2D eigenvalue weighted by molar-refractivity contribution is -0.107. The number of ether oxygens (including phenoxy) is 1. The van der Waals surface area contributed by atoms with Crippen LogP contribution in [0.25, 0.3) is 0 Å². The van der Waals surface area contributed by atoms with E-state index in [1.165, 1.54) is 11.8 Å². The normalized spacial score (nSPS) is 29.8. The van der Waals surface area contributed by atoms with E-state index in [9.17, 15) is 4.79 Å². The number of hydrogen-bond donors (Lipinski definition) is 0. The molecule has 1 heterocycles. The number of carbonyl (C=O) groups excluding carboxylic acids is 1. The van der Waals surface area contributed by atoms with Gasteiger partial charge in [0, 0.05) is 5.57 Å². The standard InChI is InChI=1S/C9H14O2S/c1-5-9(3)7(11-4)6(2)8(10)12-9/h5H2,1-4H3/t9-/m1/s1. The van der Waals surface area contributed by atoms with Crippen LogP contribution in [-0.2, 0) is 9.53 Å². The smallest absolute Gasteiger partial charge is 0.219 e. The molecule has 0 saturated heterocycles. The Morgan fingerprint density at radius 3 is 2.50 bits per heavy atom. The van der Waals surface area contributed by atoms with Crippen molar-refractivity contribution in [2.75, 3.05) is 7.11 Å². The predicted molar refractivity (Wildman–Crippen MR) is 51.0 cm³/mol. The second kappa shape index (κ2) is 3.13. The van der Waals surface area contributed by atoms with Gasteiger partial charge in [-0.15, -0.1) is 0 Å². The van der Waals surface area contributed by atoms with Crippen molar-refractivity contribution in [3.05, 3.63) is 11.3 Å². The highest BCUT2D eigenvalue weighted by Crippen LogP contribution is 2.45. The molecule has 0 bridgehead atoms. The van der Waals surface area contributed by atoms with Crippen LogP contribution < -0.4 is 0 Å². The highest BCUT2D eigenvalue weighted by Gasteiger charge is 2.41. The molecule has 0 fully saturated rings. The quantitative estimate of drug-likeness (QED) is 0.662. The molecular formula is C9H14O2S. The number of carbonyl (C=O) groups is 1. The van der Waals surface area contributed by atoms with E-state index >= 15 is 0 Å². The van der Waals surface area contributed by atoms with Gasteiger partial charge in [0.25, 0.3) is 0 Å². The number of hydrogen-bond acceptors (Lipinski definition) is 3. The van der Waals surface area contributed by atoms with Crippen LogP contribution in [0.4, 0.5) is 0 Å². The molecule has 1 aliphatic heterocycles. The van der Waals surface area contributed by atoms with Crippen molar-refractivity contribution in [3.63, 3.8) is 0 Å². The van der Waals surface area contributed by atoms with Crippen LogP contribution in [0.1, 0.15) is 27.2 Å². The van der Waals surface area contributed by atoms with Crippen molar-refractivity contribution in [1.29, 1.82) is 0 Å². The van der Waals surface area contributed by atoms with Crippen LogP contribution in [-0.4, -0.2) is 17.0 Å². The molecule has 12 heavy (non-hydrogen) atoms. The van der Waals surface area contributed by atoms with Gasteiger partial charge in [-0.2, -0.15) is 0 Å². The third kappa shape index (κ3) is 1.26. The zero-order valence-electron chi connectivity index (χ0n) is 7.93. The van der Waals surface area contributed by atoms with Crippen molar-refractivity contribution in [2.45, 2.75) is 31.9 Å². The Labute approximate surface area is 77.4 Å². The molecule has 3 heteroatoms. The monoisotopic (exact) mass is 186 g/mol. The van der Waals surface area contributed by atoms with Crippen LogP contribution in [0.2, 0.25) is 0 Å². The second-order valence-electron chi connectivity index (χ2n) is 3.13. The summed E-state index contributed by atoms with van der Waals surface area (Å²) in [6, 6.07) is 0. The highest BCUT2D eigenvalue weighted by molar-refractivity contribution is 8.15. The van der Waals surface area contributed by atoms with Crippen molar-refractivity contribution >= 4 is 16.9 Å². The molecule has 0 aliphatic carbocycles. The van der Waals surface area contributed by atoms with Gasteiger partial charge < -0.3 is 4.74 Å². The van der Waals surface area contributed by atoms with Crippen LogP contribution in [0, 0.1) is 0 Å². The maximum absolute atomic E-state index is 11.3. The molecule has 0 spiro atoms. The predicted octanol–water partition coefficient (Wildman–Crippen LogP) is 2.35. The summed E-state index contributed by atoms with van der Waals surface area (Å²) >= 11 is 1.37. The lowest BCUT2D eigenvalue weighted by Gasteiger charge is -2.22. The van der Waals surface area contributed by atoms with Crippen LogP contribution in [0.3, 0.4) is 0 Å². The molecule has 1 atom stereocenters. The van der Waals surface area contributed by atoms with Gasteiger partial charge in [-0.3, -0.25) is 4.79 Å². The van der Waals surface area contributed by atoms with E-state index in [0.29, 0.717) is 0 Å². The third-order valence-electron chi connectivity index (χ3n) is 2.32. The molecule has 0 aromatic heterocycles. The molecule has 1 rings (SSSR count). The maximum atomic E-state index is 11.3. The average Bonchev–Trinajstić information content (AvgIpc) is 2.25. The second-order valence-corrected chi connectivity index (χ2v) is 4.61. The van der Waals surface area contributed by atoms with E-state index in [4.69, 9.17) is 4.74 Å². The first kappa shape index (κ1) is 9.65. The van der Waals surface area contributed by atoms with E-state index in [1.807, 2.05) is 13.8 Å². The maximum Gasteiger partial charge on any atom is 0.219 e. The van der Waals surface area contributed by atoms with Crippen molar-refractivity contribution in [2.24, 2.45) is 0 Å². The number of thioether (sulfide) groups is 1. The molecule has 0 amide bonds. The van der Waals surface area contributed by atoms with Gasteiger partial charge >= 0.3 is 0 Å². The average molecular weight is 186 g/mol. The van der Waals surface area contributed by atoms with Crippen LogP contribution >= 0.6 is 11.8 Å². The minimum atomic E-state index is -0.129. The van der Waals surface area contributed by atoms with Gasteiger partial charge in [-0.05, 0) is 20.3 Å². The fraction of sp³-hybridized carbons (Fsp3) is 0.667. The molecule has 0 unspecified atom stereocenters. The summed E-state index contributed by atoms with van der Waals surface area (Å²) in [5.41, 5.74) is 0.770. The SMILES string of the molecule is CC[C@@]1(C)SC(=O)C(C)=C1OC. The minimum Gasteiger partial charge on any atom is -0.499 e. The van der Waals surface area contributed by atoms with E-state index in [1.54, 1.807) is 7.11 Å². The molecule has 68 valence electrons. The molecule has 0 N–H and O–H groups in total. The largest absolute Gasteiger partial charge is 0.499 e. The van der Waals surface area contributed by atoms with Crippen molar-refractivity contribution < 1.29 is 9.53 Å².